The number of ketones is 1. The Morgan fingerprint density at radius 3 is 2.34 bits per heavy atom. The first-order valence-corrected chi connectivity index (χ1v) is 21.7. The number of carbonyl (C=O) groups is 3. The van der Waals surface area contributed by atoms with Gasteiger partial charge in [-0.2, -0.15) is 0 Å². The van der Waals surface area contributed by atoms with E-state index in [1.54, 1.807) is 0 Å². The first-order chi connectivity index (χ1) is 25.9. The van der Waals surface area contributed by atoms with Gasteiger partial charge in [-0.15, -0.1) is 0 Å². The number of amides is 2. The van der Waals surface area contributed by atoms with E-state index in [0.717, 1.165) is 49.3 Å². The van der Waals surface area contributed by atoms with Crippen LogP contribution < -0.4 is 35.9 Å². The monoisotopic (exact) mass is 855 g/mol. The second-order valence-corrected chi connectivity index (χ2v) is 18.2. The summed E-state index contributed by atoms with van der Waals surface area (Å²) in [5, 5.41) is 26.5. The summed E-state index contributed by atoms with van der Waals surface area (Å²) >= 11 is 0. The van der Waals surface area contributed by atoms with Crippen molar-refractivity contribution < 1.29 is 80.5 Å². The average molecular weight is 856 g/mol. The number of aliphatic hydroxyl groups is 2. The Hall–Kier alpha value is -2.79. The molecular weight excluding hydrogens is 811 g/mol. The number of hydrogen-bond acceptors (Lipinski definition) is 21. The number of nitrogen functional groups attached to an aromatic ring is 1. The number of aromatic nitrogens is 4. The Morgan fingerprint density at radius 2 is 1.68 bits per heavy atom. The van der Waals surface area contributed by atoms with Crippen molar-refractivity contribution in [2.45, 2.75) is 95.9 Å². The van der Waals surface area contributed by atoms with Crippen LogP contribution in [-0.4, -0.2) is 98.0 Å². The van der Waals surface area contributed by atoms with E-state index in [0.29, 0.717) is 0 Å². The molecule has 4 rings (SSSR count). The highest BCUT2D eigenvalue weighted by atomic mass is 31.3. The highest BCUT2D eigenvalue weighted by molar-refractivity contribution is 7.59. The number of ether oxygens (including phenoxy) is 1. The lowest BCUT2D eigenvalue weighted by Crippen LogP contribution is -2.46. The van der Waals surface area contributed by atoms with Crippen molar-refractivity contribution in [1.82, 2.24) is 30.2 Å². The standard InChI is InChI=1S/C29H48N7O17P3/c1-28(2,24(40)27(41)32-12-10-20(38)31-11-9-18(37)17-7-5-4-6-8-17)14-50-56(47,48)53-55(45,46)49-13-19-22(52-54(42,43)44)23(39)29(3,51-19)36-16-35-21-25(30)33-15-34-26(21)36/h15-17,19,22-24,39-40H,4-14H2,1-3H3,(H,31,38)(H,32,41)(H,45,46)(H,47,48)(H2,30,33,34)(H2,42,43,44)/p-4. The summed E-state index contributed by atoms with van der Waals surface area (Å²) in [7, 11) is -17.6. The molecule has 24 nitrogen and oxygen atoms in total. The Kier molecular flexibility index (Phi) is 15.1. The zero-order valence-corrected chi connectivity index (χ0v) is 33.2. The molecule has 2 aromatic rings. The number of anilines is 1. The van der Waals surface area contributed by atoms with E-state index >= 15 is 0 Å². The molecule has 2 aliphatic rings. The van der Waals surface area contributed by atoms with Gasteiger partial charge in [0.2, 0.25) is 11.8 Å². The van der Waals surface area contributed by atoms with Crippen LogP contribution in [0.4, 0.5) is 5.82 Å². The molecule has 2 aromatic heterocycles. The van der Waals surface area contributed by atoms with Crippen LogP contribution in [0.3, 0.4) is 0 Å². The summed E-state index contributed by atoms with van der Waals surface area (Å²) in [6.45, 7) is 1.23. The van der Waals surface area contributed by atoms with Gasteiger partial charge in [-0.25, -0.2) is 19.3 Å². The molecular formula is C29H44N7O17P3-4. The highest BCUT2D eigenvalue weighted by Gasteiger charge is 2.55. The van der Waals surface area contributed by atoms with Crippen molar-refractivity contribution in [3.8, 4) is 0 Å². The molecule has 0 bridgehead atoms. The van der Waals surface area contributed by atoms with Crippen molar-refractivity contribution in [3.63, 3.8) is 0 Å². The van der Waals surface area contributed by atoms with Crippen LogP contribution in [0.5, 0.6) is 0 Å². The van der Waals surface area contributed by atoms with E-state index in [1.807, 2.05) is 0 Å². The van der Waals surface area contributed by atoms with Gasteiger partial charge < -0.3 is 69.0 Å². The van der Waals surface area contributed by atoms with Crippen molar-refractivity contribution in [1.29, 1.82) is 0 Å². The molecule has 316 valence electrons. The molecule has 3 heterocycles. The number of phosphoric ester groups is 3. The Bertz CT molecular complexity index is 1870. The quantitative estimate of drug-likeness (QED) is 0.0866. The van der Waals surface area contributed by atoms with Gasteiger partial charge in [0, 0.05) is 37.3 Å². The maximum absolute atomic E-state index is 12.6. The number of phosphoric acid groups is 3. The van der Waals surface area contributed by atoms with Crippen LogP contribution in [-0.2, 0) is 56.4 Å². The fraction of sp³-hybridized carbons (Fsp3) is 0.724. The van der Waals surface area contributed by atoms with E-state index in [4.69, 9.17) is 10.5 Å². The number of hydrogen-bond donors (Lipinski definition) is 5. The number of Topliss-reactive ketones (excluding diaryl/α,β-unsaturated/α-hetero) is 1. The number of fused-ring (bicyclic) bond motifs is 1. The summed E-state index contributed by atoms with van der Waals surface area (Å²) in [6.07, 6.45) is -1.06. The SMILES string of the molecule is CC(C)(COP(=O)([O-])OP(=O)([O-])OCC1OC(C)(n2cnc3c(N)ncnc32)C(O)C1OP(=O)([O-])[O-])C(O)C(=O)NCCC(=O)NCCC(=O)C1CCCCC1. The molecule has 7 unspecified atom stereocenters. The number of nitrogens with two attached hydrogens (primary N) is 1. The van der Waals surface area contributed by atoms with Gasteiger partial charge in [0.1, 0.15) is 42.0 Å². The van der Waals surface area contributed by atoms with Crippen molar-refractivity contribution in [3.05, 3.63) is 12.7 Å². The third kappa shape index (κ3) is 12.1. The summed E-state index contributed by atoms with van der Waals surface area (Å²) < 4.78 is 61.1. The first-order valence-electron chi connectivity index (χ1n) is 17.3. The molecule has 0 spiro atoms. The zero-order chi connectivity index (χ0) is 41.7. The lowest BCUT2D eigenvalue weighted by atomic mass is 9.85. The first kappa shape index (κ1) is 45.9. The minimum absolute atomic E-state index is 0.0120. The van der Waals surface area contributed by atoms with Crippen LogP contribution in [0.25, 0.3) is 11.2 Å². The third-order valence-corrected chi connectivity index (χ3v) is 12.3. The molecule has 7 atom stereocenters. The molecule has 1 aliphatic carbocycles. The molecule has 1 aliphatic heterocycles. The molecule has 0 aromatic carbocycles. The number of nitrogens with zero attached hydrogens (tertiary/aromatic N) is 4. The predicted molar refractivity (Wildman–Crippen MR) is 182 cm³/mol. The largest absolute Gasteiger partial charge is 0.790 e. The smallest absolute Gasteiger partial charge is 0.274 e. The number of nitrogens with one attached hydrogen (secondary N) is 2. The minimum Gasteiger partial charge on any atom is -0.790 e. The molecule has 56 heavy (non-hydrogen) atoms. The van der Waals surface area contributed by atoms with E-state index in [9.17, 15) is 57.9 Å². The predicted octanol–water partition coefficient (Wildman–Crippen LogP) is -2.41. The minimum atomic E-state index is -5.93. The molecule has 27 heteroatoms. The molecule has 1 saturated heterocycles. The average Bonchev–Trinajstić information content (AvgIpc) is 3.66. The summed E-state index contributed by atoms with van der Waals surface area (Å²) in [4.78, 5) is 96.9. The molecule has 2 amide bonds. The lowest BCUT2D eigenvalue weighted by Gasteiger charge is -2.36. The summed E-state index contributed by atoms with van der Waals surface area (Å²) in [6, 6.07) is 0. The van der Waals surface area contributed by atoms with E-state index in [-0.39, 0.29) is 54.6 Å². The molecule has 1 saturated carbocycles. The lowest BCUT2D eigenvalue weighted by molar-refractivity contribution is -0.347. The van der Waals surface area contributed by atoms with Gasteiger partial charge in [0.15, 0.2) is 17.2 Å². The van der Waals surface area contributed by atoms with Crippen LogP contribution in [0.15, 0.2) is 12.7 Å². The Labute approximate surface area is 320 Å². The zero-order valence-electron chi connectivity index (χ0n) is 30.5. The topological polar surface area (TPSA) is 375 Å². The fourth-order valence-electron chi connectivity index (χ4n) is 6.18. The second-order valence-electron chi connectivity index (χ2n) is 14.1. The maximum atomic E-state index is 12.6. The number of imidazole rings is 1. The van der Waals surface area contributed by atoms with Crippen LogP contribution >= 0.6 is 23.5 Å². The van der Waals surface area contributed by atoms with E-state index in [2.05, 4.69) is 43.5 Å². The number of carbonyl (C=O) groups excluding carboxylic acids is 3. The highest BCUT2D eigenvalue weighted by Crippen LogP contribution is 2.56. The van der Waals surface area contributed by atoms with Gasteiger partial charge in [0.05, 0.1) is 27.4 Å². The summed E-state index contributed by atoms with van der Waals surface area (Å²) in [5.74, 6) is -1.44. The second kappa shape index (κ2) is 18.4. The van der Waals surface area contributed by atoms with Gasteiger partial charge >= 0.3 is 0 Å². The van der Waals surface area contributed by atoms with Crippen LogP contribution in [0, 0.1) is 11.3 Å². The number of rotatable bonds is 20. The normalized spacial score (nSPS) is 25.0. The Balaban J connectivity index is 1.27. The van der Waals surface area contributed by atoms with Crippen molar-refractivity contribution in [2.24, 2.45) is 11.3 Å². The molecule has 2 fully saturated rings. The van der Waals surface area contributed by atoms with Gasteiger partial charge in [-0.1, -0.05) is 33.1 Å². The van der Waals surface area contributed by atoms with Crippen LogP contribution in [0.1, 0.15) is 65.7 Å². The van der Waals surface area contributed by atoms with Crippen LogP contribution in [0.2, 0.25) is 0 Å². The molecule has 0 radical (unpaired) electrons. The van der Waals surface area contributed by atoms with Gasteiger partial charge in [-0.3, -0.25) is 28.1 Å². The molecule has 6 N–H and O–H groups in total. The van der Waals surface area contributed by atoms with E-state index < -0.39 is 84.1 Å². The van der Waals surface area contributed by atoms with Crippen molar-refractivity contribution >= 4 is 58.0 Å². The van der Waals surface area contributed by atoms with Gasteiger partial charge in [-0.05, 0) is 19.8 Å². The summed E-state index contributed by atoms with van der Waals surface area (Å²) in [5.41, 5.74) is 2.04. The number of aliphatic hydroxyl groups excluding tert-OH is 2. The third-order valence-electron chi connectivity index (χ3n) is 9.29. The van der Waals surface area contributed by atoms with E-state index in [1.165, 1.54) is 20.8 Å². The van der Waals surface area contributed by atoms with Gasteiger partial charge in [0.25, 0.3) is 15.6 Å². The van der Waals surface area contributed by atoms with Crippen molar-refractivity contribution in [2.75, 3.05) is 32.0 Å². The Morgan fingerprint density at radius 1 is 1.04 bits per heavy atom. The fourth-order valence-corrected chi connectivity index (χ4v) is 8.91. The maximum Gasteiger partial charge on any atom is 0.274 e.